The van der Waals surface area contributed by atoms with Crippen molar-refractivity contribution in [2.24, 2.45) is 5.73 Å². The van der Waals surface area contributed by atoms with Gasteiger partial charge < -0.3 is 19.9 Å². The molecule has 0 fully saturated rings. The molecule has 104 valence electrons. The van der Waals surface area contributed by atoms with E-state index in [4.69, 9.17) is 15.2 Å². The van der Waals surface area contributed by atoms with Crippen LogP contribution in [0.15, 0.2) is 18.2 Å². The molecule has 0 radical (unpaired) electrons. The summed E-state index contributed by atoms with van der Waals surface area (Å²) in [6.45, 7) is 0. The lowest BCUT2D eigenvalue weighted by Gasteiger charge is -2.12. The monoisotopic (exact) mass is 267 g/mol. The normalized spacial score (nSPS) is 11.6. The fourth-order valence-corrected chi connectivity index (χ4v) is 1.58. The molecule has 0 spiro atoms. The summed E-state index contributed by atoms with van der Waals surface area (Å²) in [7, 11) is 4.17. The van der Waals surface area contributed by atoms with E-state index in [0.717, 1.165) is 0 Å². The van der Waals surface area contributed by atoms with Crippen LogP contribution >= 0.6 is 0 Å². The topological polar surface area (TPSA) is 87.9 Å². The maximum Gasteiger partial charge on any atom is 0.323 e. The Kier molecular flexibility index (Phi) is 5.32. The van der Waals surface area contributed by atoms with Crippen LogP contribution in [0.1, 0.15) is 16.8 Å². The SMILES string of the molecule is COC(=O)C(N)CC(=O)c1cc(OC)ccc1OC. The Balaban J connectivity index is 2.94. The van der Waals surface area contributed by atoms with Gasteiger partial charge >= 0.3 is 5.97 Å². The van der Waals surface area contributed by atoms with Gasteiger partial charge in [-0.1, -0.05) is 0 Å². The highest BCUT2D eigenvalue weighted by Gasteiger charge is 2.21. The average Bonchev–Trinajstić information content (AvgIpc) is 2.45. The summed E-state index contributed by atoms with van der Waals surface area (Å²) in [5, 5.41) is 0. The third kappa shape index (κ3) is 3.69. The molecular weight excluding hydrogens is 250 g/mol. The standard InChI is InChI=1S/C13H17NO5/c1-17-8-4-5-12(18-2)9(6-8)11(15)7-10(14)13(16)19-3/h4-6,10H,7,14H2,1-3H3. The number of ether oxygens (including phenoxy) is 3. The van der Waals surface area contributed by atoms with Crippen LogP contribution in [0.25, 0.3) is 0 Å². The van der Waals surface area contributed by atoms with Crippen molar-refractivity contribution >= 4 is 11.8 Å². The van der Waals surface area contributed by atoms with Gasteiger partial charge in [0.25, 0.3) is 0 Å². The molecule has 6 nitrogen and oxygen atoms in total. The molecule has 1 atom stereocenters. The van der Waals surface area contributed by atoms with Gasteiger partial charge in [0, 0.05) is 6.42 Å². The molecule has 0 saturated carbocycles. The predicted octanol–water partition coefficient (Wildman–Crippen LogP) is 0.777. The number of carbonyl (C=O) groups excluding carboxylic acids is 2. The molecule has 0 aliphatic carbocycles. The number of methoxy groups -OCH3 is 3. The second kappa shape index (κ2) is 6.75. The van der Waals surface area contributed by atoms with Crippen LogP contribution in [0.5, 0.6) is 11.5 Å². The van der Waals surface area contributed by atoms with Gasteiger partial charge in [0.15, 0.2) is 5.78 Å². The molecule has 0 aliphatic rings. The number of hydrogen-bond acceptors (Lipinski definition) is 6. The Bertz CT molecular complexity index is 472. The van der Waals surface area contributed by atoms with Crippen LogP contribution in [0, 0.1) is 0 Å². The van der Waals surface area contributed by atoms with E-state index in [0.29, 0.717) is 17.1 Å². The molecule has 0 amide bonds. The number of esters is 1. The van der Waals surface area contributed by atoms with E-state index >= 15 is 0 Å². The Morgan fingerprint density at radius 1 is 1.21 bits per heavy atom. The lowest BCUT2D eigenvalue weighted by Crippen LogP contribution is -2.33. The number of carbonyl (C=O) groups is 2. The molecule has 1 unspecified atom stereocenters. The smallest absolute Gasteiger partial charge is 0.323 e. The van der Waals surface area contributed by atoms with E-state index in [1.54, 1.807) is 18.2 Å². The molecule has 0 bridgehead atoms. The third-order valence-corrected chi connectivity index (χ3v) is 2.62. The number of Topliss-reactive ketones (excluding diaryl/α,β-unsaturated/α-hetero) is 1. The molecule has 19 heavy (non-hydrogen) atoms. The Morgan fingerprint density at radius 3 is 2.42 bits per heavy atom. The summed E-state index contributed by atoms with van der Waals surface area (Å²) < 4.78 is 14.6. The maximum absolute atomic E-state index is 12.1. The Hall–Kier alpha value is -2.08. The van der Waals surface area contributed by atoms with Gasteiger partial charge in [0.2, 0.25) is 0 Å². The predicted molar refractivity (Wildman–Crippen MR) is 68.5 cm³/mol. The van der Waals surface area contributed by atoms with Gasteiger partial charge in [0.1, 0.15) is 17.5 Å². The number of benzene rings is 1. The van der Waals surface area contributed by atoms with E-state index in [9.17, 15) is 9.59 Å². The number of nitrogens with two attached hydrogens (primary N) is 1. The minimum absolute atomic E-state index is 0.157. The molecule has 2 N–H and O–H groups in total. The van der Waals surface area contributed by atoms with E-state index in [1.807, 2.05) is 0 Å². The minimum atomic E-state index is -0.992. The molecule has 0 saturated heterocycles. The first-order valence-electron chi connectivity index (χ1n) is 5.62. The van der Waals surface area contributed by atoms with E-state index < -0.39 is 12.0 Å². The molecule has 1 aromatic carbocycles. The van der Waals surface area contributed by atoms with E-state index in [-0.39, 0.29) is 12.2 Å². The van der Waals surface area contributed by atoms with Crippen LogP contribution in [0.2, 0.25) is 0 Å². The quantitative estimate of drug-likeness (QED) is 0.605. The first-order chi connectivity index (χ1) is 9.03. The number of rotatable bonds is 6. The highest BCUT2D eigenvalue weighted by Crippen LogP contribution is 2.25. The van der Waals surface area contributed by atoms with Crippen molar-refractivity contribution in [2.45, 2.75) is 12.5 Å². The molecule has 0 aromatic heterocycles. The van der Waals surface area contributed by atoms with Crippen LogP contribution in [0.4, 0.5) is 0 Å². The zero-order valence-electron chi connectivity index (χ0n) is 11.1. The molecule has 1 rings (SSSR count). The fraction of sp³-hybridized carbons (Fsp3) is 0.385. The van der Waals surface area contributed by atoms with Crippen molar-refractivity contribution < 1.29 is 23.8 Å². The van der Waals surface area contributed by atoms with Crippen LogP contribution in [-0.2, 0) is 9.53 Å². The largest absolute Gasteiger partial charge is 0.497 e. The zero-order valence-corrected chi connectivity index (χ0v) is 11.1. The second-order valence-corrected chi connectivity index (χ2v) is 3.82. The van der Waals surface area contributed by atoms with Crippen molar-refractivity contribution in [1.29, 1.82) is 0 Å². The summed E-state index contributed by atoms with van der Waals surface area (Å²) in [4.78, 5) is 23.3. The fourth-order valence-electron chi connectivity index (χ4n) is 1.58. The van der Waals surface area contributed by atoms with Crippen molar-refractivity contribution in [3.63, 3.8) is 0 Å². The first-order valence-corrected chi connectivity index (χ1v) is 5.62. The molecule has 0 aliphatic heterocycles. The summed E-state index contributed by atoms with van der Waals surface area (Å²) >= 11 is 0. The van der Waals surface area contributed by atoms with Crippen molar-refractivity contribution in [1.82, 2.24) is 0 Å². The van der Waals surface area contributed by atoms with Crippen molar-refractivity contribution in [3.8, 4) is 11.5 Å². The summed E-state index contributed by atoms with van der Waals surface area (Å²) in [5.74, 6) is -0.0116. The maximum atomic E-state index is 12.1. The van der Waals surface area contributed by atoms with Gasteiger partial charge in [0.05, 0.1) is 26.9 Å². The first kappa shape index (κ1) is 15.0. The molecule has 1 aromatic rings. The van der Waals surface area contributed by atoms with Crippen LogP contribution < -0.4 is 15.2 Å². The van der Waals surface area contributed by atoms with Gasteiger partial charge in [-0.05, 0) is 18.2 Å². The Morgan fingerprint density at radius 2 is 1.89 bits per heavy atom. The highest BCUT2D eigenvalue weighted by molar-refractivity contribution is 6.01. The van der Waals surface area contributed by atoms with Gasteiger partial charge in [-0.2, -0.15) is 0 Å². The number of hydrogen-bond donors (Lipinski definition) is 1. The van der Waals surface area contributed by atoms with Crippen molar-refractivity contribution in [2.75, 3.05) is 21.3 Å². The summed E-state index contributed by atoms with van der Waals surface area (Å²) in [6, 6.07) is 3.85. The highest BCUT2D eigenvalue weighted by atomic mass is 16.5. The Labute approximate surface area is 111 Å². The van der Waals surface area contributed by atoms with Crippen molar-refractivity contribution in [3.05, 3.63) is 23.8 Å². The van der Waals surface area contributed by atoms with Gasteiger partial charge in [-0.15, -0.1) is 0 Å². The molecular formula is C13H17NO5. The lowest BCUT2D eigenvalue weighted by molar-refractivity contribution is -0.142. The summed E-state index contributed by atoms with van der Waals surface area (Å²) in [6.07, 6.45) is -0.157. The van der Waals surface area contributed by atoms with E-state index in [1.165, 1.54) is 21.3 Å². The third-order valence-electron chi connectivity index (χ3n) is 2.62. The lowest BCUT2D eigenvalue weighted by atomic mass is 10.0. The number of ketones is 1. The zero-order chi connectivity index (χ0) is 14.4. The minimum Gasteiger partial charge on any atom is -0.497 e. The van der Waals surface area contributed by atoms with Gasteiger partial charge in [-0.3, -0.25) is 9.59 Å². The van der Waals surface area contributed by atoms with Crippen LogP contribution in [0.3, 0.4) is 0 Å². The second-order valence-electron chi connectivity index (χ2n) is 3.82. The van der Waals surface area contributed by atoms with E-state index in [2.05, 4.69) is 4.74 Å². The van der Waals surface area contributed by atoms with Gasteiger partial charge in [-0.25, -0.2) is 0 Å². The molecule has 6 heteroatoms. The molecule has 0 heterocycles. The summed E-state index contributed by atoms with van der Waals surface area (Å²) in [5.41, 5.74) is 5.88. The average molecular weight is 267 g/mol. The van der Waals surface area contributed by atoms with Crippen LogP contribution in [-0.4, -0.2) is 39.1 Å².